The number of rotatable bonds is 12. The van der Waals surface area contributed by atoms with E-state index in [0.717, 1.165) is 9.87 Å². The lowest BCUT2D eigenvalue weighted by atomic mass is 10.1. The van der Waals surface area contributed by atoms with E-state index in [-0.39, 0.29) is 17.3 Å². The molecule has 0 heterocycles. The molecular weight excluding hydrogens is 557 g/mol. The SMILES string of the molecule is CCNC(=O)[C@@H](CC)N(Cc1c(Cl)cccc1Cl)C(=O)CN(c1ccccc1CC)S(=O)(=O)c1ccccc1. The summed E-state index contributed by atoms with van der Waals surface area (Å²) in [4.78, 5) is 28.6. The van der Waals surface area contributed by atoms with E-state index in [1.165, 1.54) is 17.0 Å². The zero-order valence-electron chi connectivity index (χ0n) is 22.2. The van der Waals surface area contributed by atoms with Gasteiger partial charge in [-0.3, -0.25) is 13.9 Å². The molecule has 0 spiro atoms. The van der Waals surface area contributed by atoms with Gasteiger partial charge in [0.2, 0.25) is 11.8 Å². The predicted molar refractivity (Wildman–Crippen MR) is 157 cm³/mol. The molecule has 3 aromatic carbocycles. The van der Waals surface area contributed by atoms with E-state index in [1.54, 1.807) is 62.4 Å². The molecule has 0 aliphatic heterocycles. The number of hydrogen-bond acceptors (Lipinski definition) is 4. The monoisotopic (exact) mass is 589 g/mol. The second-order valence-corrected chi connectivity index (χ2v) is 11.5. The molecule has 0 aromatic heterocycles. The molecule has 0 bridgehead atoms. The molecule has 10 heteroatoms. The number of halogens is 2. The first-order chi connectivity index (χ1) is 18.6. The molecule has 39 heavy (non-hydrogen) atoms. The van der Waals surface area contributed by atoms with Crippen LogP contribution in [0, 0.1) is 0 Å². The molecule has 0 unspecified atom stereocenters. The van der Waals surface area contributed by atoms with Gasteiger partial charge in [0.25, 0.3) is 10.0 Å². The lowest BCUT2D eigenvalue weighted by Gasteiger charge is -2.34. The summed E-state index contributed by atoms with van der Waals surface area (Å²) in [7, 11) is -4.13. The minimum atomic E-state index is -4.13. The molecule has 0 radical (unpaired) electrons. The van der Waals surface area contributed by atoms with E-state index < -0.39 is 28.5 Å². The number of nitrogens with zero attached hydrogens (tertiary/aromatic N) is 2. The lowest BCUT2D eigenvalue weighted by Crippen LogP contribution is -2.52. The van der Waals surface area contributed by atoms with Crippen LogP contribution in [0.4, 0.5) is 5.69 Å². The van der Waals surface area contributed by atoms with Crippen molar-refractivity contribution in [2.75, 3.05) is 17.4 Å². The first-order valence-corrected chi connectivity index (χ1v) is 15.0. The Morgan fingerprint density at radius 1 is 0.872 bits per heavy atom. The second-order valence-electron chi connectivity index (χ2n) is 8.85. The number of aryl methyl sites for hydroxylation is 1. The normalized spacial score (nSPS) is 12.0. The average Bonchev–Trinajstić information content (AvgIpc) is 2.93. The minimum Gasteiger partial charge on any atom is -0.355 e. The Balaban J connectivity index is 2.13. The lowest BCUT2D eigenvalue weighted by molar-refractivity contribution is -0.140. The number of nitrogens with one attached hydrogen (secondary N) is 1. The summed E-state index contributed by atoms with van der Waals surface area (Å²) in [6, 6.07) is 19.2. The van der Waals surface area contributed by atoms with Gasteiger partial charge in [-0.1, -0.05) is 79.5 Å². The molecule has 0 fully saturated rings. The van der Waals surface area contributed by atoms with Gasteiger partial charge in [-0.2, -0.15) is 0 Å². The number of carbonyl (C=O) groups is 2. The maximum absolute atomic E-state index is 14.1. The number of sulfonamides is 1. The van der Waals surface area contributed by atoms with Crippen LogP contribution in [-0.4, -0.2) is 44.3 Å². The van der Waals surface area contributed by atoms with Crippen LogP contribution in [0.25, 0.3) is 0 Å². The van der Waals surface area contributed by atoms with Crippen molar-refractivity contribution in [1.82, 2.24) is 10.2 Å². The second kappa shape index (κ2) is 13.8. The predicted octanol–water partition coefficient (Wildman–Crippen LogP) is 5.69. The molecule has 3 aromatic rings. The Kier molecular flexibility index (Phi) is 10.8. The van der Waals surface area contributed by atoms with E-state index in [4.69, 9.17) is 23.2 Å². The highest BCUT2D eigenvalue weighted by Gasteiger charge is 2.34. The first-order valence-electron chi connectivity index (χ1n) is 12.8. The van der Waals surface area contributed by atoms with E-state index in [9.17, 15) is 18.0 Å². The fourth-order valence-corrected chi connectivity index (χ4v) is 6.34. The molecule has 0 saturated carbocycles. The molecule has 2 amide bonds. The van der Waals surface area contributed by atoms with Crippen molar-refractivity contribution in [1.29, 1.82) is 0 Å². The van der Waals surface area contributed by atoms with Crippen molar-refractivity contribution in [3.05, 3.63) is 94.0 Å². The third kappa shape index (κ3) is 7.12. The summed E-state index contributed by atoms with van der Waals surface area (Å²) in [5.74, 6) is -0.905. The van der Waals surface area contributed by atoms with Gasteiger partial charge in [-0.05, 0) is 55.7 Å². The molecule has 7 nitrogen and oxygen atoms in total. The van der Waals surface area contributed by atoms with Crippen LogP contribution in [-0.2, 0) is 32.6 Å². The maximum atomic E-state index is 14.1. The van der Waals surface area contributed by atoms with Gasteiger partial charge in [0.1, 0.15) is 12.6 Å². The summed E-state index contributed by atoms with van der Waals surface area (Å²) in [5, 5.41) is 3.46. The molecule has 1 atom stereocenters. The quantitative estimate of drug-likeness (QED) is 0.294. The Morgan fingerprint density at radius 3 is 2.08 bits per heavy atom. The van der Waals surface area contributed by atoms with Crippen molar-refractivity contribution in [2.45, 2.75) is 51.1 Å². The Hall–Kier alpha value is -3.07. The summed E-state index contributed by atoms with van der Waals surface area (Å²) in [5.41, 5.74) is 1.64. The van der Waals surface area contributed by atoms with Crippen molar-refractivity contribution in [3.8, 4) is 0 Å². The van der Waals surface area contributed by atoms with Crippen LogP contribution in [0.2, 0.25) is 10.0 Å². The molecular formula is C29H33Cl2N3O4S. The molecule has 0 aliphatic carbocycles. The van der Waals surface area contributed by atoms with Gasteiger partial charge in [0, 0.05) is 28.7 Å². The summed E-state index contributed by atoms with van der Waals surface area (Å²) in [6.07, 6.45) is 0.858. The smallest absolute Gasteiger partial charge is 0.264 e. The highest BCUT2D eigenvalue weighted by Crippen LogP contribution is 2.30. The van der Waals surface area contributed by atoms with Crippen LogP contribution in [0.3, 0.4) is 0 Å². The zero-order chi connectivity index (χ0) is 28.6. The van der Waals surface area contributed by atoms with Crippen molar-refractivity contribution in [2.24, 2.45) is 0 Å². The Morgan fingerprint density at radius 2 is 1.49 bits per heavy atom. The number of carbonyl (C=O) groups excluding carboxylic acids is 2. The molecule has 1 N–H and O–H groups in total. The van der Waals surface area contributed by atoms with Crippen molar-refractivity contribution in [3.63, 3.8) is 0 Å². The van der Waals surface area contributed by atoms with Crippen LogP contribution in [0.5, 0.6) is 0 Å². The van der Waals surface area contributed by atoms with E-state index in [1.807, 2.05) is 19.1 Å². The zero-order valence-corrected chi connectivity index (χ0v) is 24.6. The highest BCUT2D eigenvalue weighted by atomic mass is 35.5. The van der Waals surface area contributed by atoms with E-state index in [0.29, 0.717) is 40.7 Å². The third-order valence-corrected chi connectivity index (χ3v) is 8.86. The van der Waals surface area contributed by atoms with Crippen LogP contribution in [0.15, 0.2) is 77.7 Å². The number of para-hydroxylation sites is 1. The largest absolute Gasteiger partial charge is 0.355 e. The van der Waals surface area contributed by atoms with E-state index in [2.05, 4.69) is 5.32 Å². The minimum absolute atomic E-state index is 0.0557. The topological polar surface area (TPSA) is 86.8 Å². The fourth-order valence-electron chi connectivity index (χ4n) is 4.35. The van der Waals surface area contributed by atoms with Gasteiger partial charge in [-0.25, -0.2) is 8.42 Å². The van der Waals surface area contributed by atoms with Crippen LogP contribution >= 0.6 is 23.2 Å². The Labute approximate surface area is 240 Å². The number of benzene rings is 3. The van der Waals surface area contributed by atoms with Gasteiger partial charge >= 0.3 is 0 Å². The molecule has 208 valence electrons. The molecule has 0 aliphatic rings. The van der Waals surface area contributed by atoms with Gasteiger partial charge in [0.15, 0.2) is 0 Å². The van der Waals surface area contributed by atoms with Crippen molar-refractivity contribution < 1.29 is 18.0 Å². The summed E-state index contributed by atoms with van der Waals surface area (Å²) in [6.45, 7) is 5.29. The highest BCUT2D eigenvalue weighted by molar-refractivity contribution is 7.92. The van der Waals surface area contributed by atoms with Crippen LogP contribution in [0.1, 0.15) is 38.3 Å². The number of anilines is 1. The van der Waals surface area contributed by atoms with Crippen LogP contribution < -0.4 is 9.62 Å². The number of hydrogen-bond donors (Lipinski definition) is 1. The fraction of sp³-hybridized carbons (Fsp3) is 0.310. The third-order valence-electron chi connectivity index (χ3n) is 6.38. The maximum Gasteiger partial charge on any atom is 0.264 e. The van der Waals surface area contributed by atoms with Gasteiger partial charge in [-0.15, -0.1) is 0 Å². The summed E-state index contributed by atoms with van der Waals surface area (Å²) >= 11 is 12.9. The molecule has 0 saturated heterocycles. The van der Waals surface area contributed by atoms with Gasteiger partial charge < -0.3 is 10.2 Å². The average molecular weight is 591 g/mol. The Bertz CT molecular complexity index is 1380. The summed E-state index contributed by atoms with van der Waals surface area (Å²) < 4.78 is 29.0. The standard InChI is InChI=1S/C29H33Cl2N3O4S/c1-4-21-13-10-11-18-27(21)34(39(37,38)22-14-8-7-9-15-22)20-28(35)33(26(5-2)29(36)32-6-3)19-23-24(30)16-12-17-25(23)31/h7-18,26H,4-6,19-20H2,1-3H3,(H,32,36)/t26-/m1/s1. The first kappa shape index (κ1) is 30.5. The molecule has 3 rings (SSSR count). The number of likely N-dealkylation sites (N-methyl/N-ethyl adjacent to an activating group) is 1. The van der Waals surface area contributed by atoms with E-state index >= 15 is 0 Å². The van der Waals surface area contributed by atoms with Crippen molar-refractivity contribution >= 4 is 50.7 Å². The number of amides is 2. The van der Waals surface area contributed by atoms with Gasteiger partial charge in [0.05, 0.1) is 10.6 Å².